The first kappa shape index (κ1) is 21.1. The lowest BCUT2D eigenvalue weighted by Crippen LogP contribution is -2.29. The second-order valence-electron chi connectivity index (χ2n) is 6.55. The first-order chi connectivity index (χ1) is 14.1. The van der Waals surface area contributed by atoms with Crippen LogP contribution < -0.4 is 15.0 Å². The van der Waals surface area contributed by atoms with E-state index in [2.05, 4.69) is 5.32 Å². The lowest BCUT2D eigenvalue weighted by Gasteiger charge is -2.19. The summed E-state index contributed by atoms with van der Waals surface area (Å²) in [6.07, 6.45) is -4.87. The summed E-state index contributed by atoms with van der Waals surface area (Å²) in [5.41, 5.74) is -1.38. The van der Waals surface area contributed by atoms with Gasteiger partial charge in [0.25, 0.3) is 5.69 Å². The van der Waals surface area contributed by atoms with Crippen molar-refractivity contribution in [1.82, 2.24) is 0 Å². The summed E-state index contributed by atoms with van der Waals surface area (Å²) >= 11 is 0. The largest absolute Gasteiger partial charge is 0.494 e. The molecule has 1 aliphatic heterocycles. The Labute approximate surface area is 168 Å². The van der Waals surface area contributed by atoms with Crippen LogP contribution in [0.25, 0.3) is 0 Å². The van der Waals surface area contributed by atoms with Crippen LogP contribution in [0.3, 0.4) is 0 Å². The molecule has 3 rings (SSSR count). The van der Waals surface area contributed by atoms with Crippen molar-refractivity contribution in [2.75, 3.05) is 23.9 Å². The molecule has 0 aromatic heterocycles. The number of methoxy groups -OCH3 is 1. The predicted octanol–water partition coefficient (Wildman–Crippen LogP) is 3.61. The minimum atomic E-state index is -4.65. The number of alkyl halides is 3. The fraction of sp³-hybridized carbons (Fsp3) is 0.263. The maximum atomic E-state index is 13.1. The zero-order valence-corrected chi connectivity index (χ0v) is 15.6. The molecule has 2 aromatic rings. The number of nitro benzene ring substituents is 1. The average Bonchev–Trinajstić information content (AvgIpc) is 3.08. The van der Waals surface area contributed by atoms with Gasteiger partial charge in [0.05, 0.1) is 41.0 Å². The number of nitrogens with one attached hydrogen (secondary N) is 1. The Hall–Kier alpha value is -3.63. The number of anilines is 2. The molecule has 1 saturated heterocycles. The maximum Gasteiger partial charge on any atom is 0.418 e. The van der Waals surface area contributed by atoms with E-state index in [1.807, 2.05) is 0 Å². The number of amides is 2. The Morgan fingerprint density at radius 3 is 2.60 bits per heavy atom. The van der Waals surface area contributed by atoms with Crippen LogP contribution in [0, 0.1) is 16.0 Å². The molecule has 0 radical (unpaired) electrons. The zero-order valence-electron chi connectivity index (χ0n) is 15.6. The predicted molar refractivity (Wildman–Crippen MR) is 100 cm³/mol. The molecule has 158 valence electrons. The van der Waals surface area contributed by atoms with Crippen molar-refractivity contribution >= 4 is 28.9 Å². The molecule has 0 aliphatic carbocycles. The van der Waals surface area contributed by atoms with Crippen LogP contribution in [0.5, 0.6) is 5.75 Å². The SMILES string of the molecule is COc1cc([N+](=O)[O-])ccc1N1C[C@@H](C(=O)Nc2ccccc2C(F)(F)F)CC1=O. The minimum Gasteiger partial charge on any atom is -0.494 e. The lowest BCUT2D eigenvalue weighted by molar-refractivity contribution is -0.384. The number of hydrogen-bond acceptors (Lipinski definition) is 5. The smallest absolute Gasteiger partial charge is 0.418 e. The molecular formula is C19H16F3N3O5. The highest BCUT2D eigenvalue weighted by Gasteiger charge is 2.38. The maximum absolute atomic E-state index is 13.1. The van der Waals surface area contributed by atoms with Gasteiger partial charge in [0.15, 0.2) is 0 Å². The molecule has 1 atom stereocenters. The van der Waals surface area contributed by atoms with Gasteiger partial charge < -0.3 is 15.0 Å². The number of non-ortho nitro benzene ring substituents is 1. The van der Waals surface area contributed by atoms with Crippen molar-refractivity contribution in [2.45, 2.75) is 12.6 Å². The molecule has 1 fully saturated rings. The molecule has 11 heteroatoms. The highest BCUT2D eigenvalue weighted by molar-refractivity contribution is 6.04. The number of halogens is 3. The van der Waals surface area contributed by atoms with Crippen molar-refractivity contribution in [2.24, 2.45) is 5.92 Å². The van der Waals surface area contributed by atoms with Gasteiger partial charge in [-0.3, -0.25) is 19.7 Å². The molecular weight excluding hydrogens is 407 g/mol. The molecule has 8 nitrogen and oxygen atoms in total. The Kier molecular flexibility index (Phi) is 5.63. The van der Waals surface area contributed by atoms with E-state index in [1.54, 1.807) is 0 Å². The van der Waals surface area contributed by atoms with Gasteiger partial charge in [-0.05, 0) is 18.2 Å². The average molecular weight is 423 g/mol. The summed E-state index contributed by atoms with van der Waals surface area (Å²) in [6, 6.07) is 8.22. The number of ether oxygens (including phenoxy) is 1. The van der Waals surface area contributed by atoms with E-state index in [1.165, 1.54) is 36.3 Å². The molecule has 2 amide bonds. The molecule has 1 heterocycles. The van der Waals surface area contributed by atoms with E-state index >= 15 is 0 Å². The van der Waals surface area contributed by atoms with Gasteiger partial charge in [-0.15, -0.1) is 0 Å². The fourth-order valence-electron chi connectivity index (χ4n) is 3.19. The first-order valence-corrected chi connectivity index (χ1v) is 8.71. The van der Waals surface area contributed by atoms with Crippen molar-refractivity contribution in [1.29, 1.82) is 0 Å². The number of nitrogens with zero attached hydrogens (tertiary/aromatic N) is 2. The summed E-state index contributed by atoms with van der Waals surface area (Å²) in [4.78, 5) is 36.5. The topological polar surface area (TPSA) is 102 Å². The number of rotatable bonds is 5. The van der Waals surface area contributed by atoms with E-state index in [9.17, 15) is 32.9 Å². The normalized spacial score (nSPS) is 16.5. The number of carbonyl (C=O) groups is 2. The second-order valence-corrected chi connectivity index (χ2v) is 6.55. The number of para-hydroxylation sites is 1. The number of benzene rings is 2. The van der Waals surface area contributed by atoms with Crippen molar-refractivity contribution in [3.8, 4) is 5.75 Å². The van der Waals surface area contributed by atoms with Crippen LogP contribution >= 0.6 is 0 Å². The van der Waals surface area contributed by atoms with E-state index in [0.717, 1.165) is 18.2 Å². The molecule has 0 saturated carbocycles. The number of hydrogen-bond donors (Lipinski definition) is 1. The molecule has 0 spiro atoms. The van der Waals surface area contributed by atoms with E-state index in [0.29, 0.717) is 0 Å². The van der Waals surface area contributed by atoms with Gasteiger partial charge in [0.1, 0.15) is 5.75 Å². The Balaban J connectivity index is 1.80. The van der Waals surface area contributed by atoms with Gasteiger partial charge in [-0.1, -0.05) is 12.1 Å². The van der Waals surface area contributed by atoms with Crippen LogP contribution in [0.2, 0.25) is 0 Å². The van der Waals surface area contributed by atoms with Crippen LogP contribution in [-0.4, -0.2) is 30.4 Å². The summed E-state index contributed by atoms with van der Waals surface area (Å²) in [5.74, 6) is -2.02. The molecule has 1 aliphatic rings. The molecule has 2 aromatic carbocycles. The summed E-state index contributed by atoms with van der Waals surface area (Å²) in [5, 5.41) is 13.2. The second kappa shape index (κ2) is 8.01. The third-order valence-corrected chi connectivity index (χ3v) is 4.65. The van der Waals surface area contributed by atoms with E-state index in [-0.39, 0.29) is 30.1 Å². The number of carbonyl (C=O) groups excluding carboxylic acids is 2. The monoisotopic (exact) mass is 423 g/mol. The summed E-state index contributed by atoms with van der Waals surface area (Å²) in [7, 11) is 1.28. The standard InChI is InChI=1S/C19H16F3N3O5/c1-30-16-9-12(25(28)29)6-7-15(16)24-10-11(8-17(24)26)18(27)23-14-5-3-2-4-13(14)19(20,21)22/h2-7,9,11H,8,10H2,1H3,(H,23,27)/t11-/m0/s1. The Morgan fingerprint density at radius 1 is 1.27 bits per heavy atom. The minimum absolute atomic E-state index is 0.0704. The van der Waals surface area contributed by atoms with Crippen molar-refractivity contribution < 1.29 is 32.4 Å². The third kappa shape index (κ3) is 4.19. The third-order valence-electron chi connectivity index (χ3n) is 4.65. The highest BCUT2D eigenvalue weighted by Crippen LogP contribution is 2.37. The van der Waals surface area contributed by atoms with Gasteiger partial charge in [-0.25, -0.2) is 0 Å². The van der Waals surface area contributed by atoms with Crippen LogP contribution in [0.4, 0.5) is 30.2 Å². The Morgan fingerprint density at radius 2 is 1.97 bits per heavy atom. The molecule has 30 heavy (non-hydrogen) atoms. The molecule has 1 N–H and O–H groups in total. The first-order valence-electron chi connectivity index (χ1n) is 8.71. The van der Waals surface area contributed by atoms with Gasteiger partial charge in [0.2, 0.25) is 11.8 Å². The van der Waals surface area contributed by atoms with Gasteiger partial charge >= 0.3 is 6.18 Å². The quantitative estimate of drug-likeness (QED) is 0.585. The van der Waals surface area contributed by atoms with Gasteiger partial charge in [-0.2, -0.15) is 13.2 Å². The summed E-state index contributed by atoms with van der Waals surface area (Å²) < 4.78 is 44.5. The molecule has 0 unspecified atom stereocenters. The zero-order chi connectivity index (χ0) is 22.1. The van der Waals surface area contributed by atoms with Crippen LogP contribution in [0.1, 0.15) is 12.0 Å². The molecule has 0 bridgehead atoms. The lowest BCUT2D eigenvalue weighted by atomic mass is 10.1. The fourth-order valence-corrected chi connectivity index (χ4v) is 3.19. The highest BCUT2D eigenvalue weighted by atomic mass is 19.4. The van der Waals surface area contributed by atoms with Gasteiger partial charge in [0, 0.05) is 19.0 Å². The Bertz CT molecular complexity index is 1010. The van der Waals surface area contributed by atoms with E-state index in [4.69, 9.17) is 4.74 Å². The van der Waals surface area contributed by atoms with Crippen LogP contribution in [-0.2, 0) is 15.8 Å². The number of nitro groups is 1. The van der Waals surface area contributed by atoms with Crippen molar-refractivity contribution in [3.05, 3.63) is 58.1 Å². The van der Waals surface area contributed by atoms with Crippen LogP contribution in [0.15, 0.2) is 42.5 Å². The van der Waals surface area contributed by atoms with E-state index < -0.39 is 40.1 Å². The van der Waals surface area contributed by atoms with Crippen molar-refractivity contribution in [3.63, 3.8) is 0 Å². The summed E-state index contributed by atoms with van der Waals surface area (Å²) in [6.45, 7) is -0.104.